The number of rotatable bonds is 26. The van der Waals surface area contributed by atoms with Crippen molar-refractivity contribution in [2.24, 2.45) is 99.7 Å². The molecule has 29 heteroatoms. The normalized spacial score (nSPS) is 33.1. The summed E-state index contributed by atoms with van der Waals surface area (Å²) in [6.07, 6.45) is -4.63. The number of primary amides is 6. The Kier molecular flexibility index (Phi) is 21.1. The number of fused-ring (bicyclic) bond motifs is 6. The number of imidazole rings is 1. The quantitative estimate of drug-likeness (QED) is 0.0601. The number of ether oxygens (including phenoxy) is 1. The van der Waals surface area contributed by atoms with E-state index in [2.05, 4.69) is 10.3 Å². The maximum atomic E-state index is 14.4. The van der Waals surface area contributed by atoms with Crippen LogP contribution in [-0.2, 0) is 68.7 Å². The fourth-order valence-electron chi connectivity index (χ4n) is 15.0. The fraction of sp³-hybridized carbons (Fsp3) is 0.613. The zero-order valence-electron chi connectivity index (χ0n) is 53.5. The molecule has 27 nitrogen and oxygen atoms in total. The van der Waals surface area contributed by atoms with Crippen LogP contribution in [0.15, 0.2) is 72.7 Å². The van der Waals surface area contributed by atoms with E-state index in [1.165, 1.54) is 13.3 Å². The SMILES string of the molecule is C/C1=C2/N=C([C@H](CC(N)=O)[C@@]2(C)CCC(=O)NCC(C)OP(=O)(O)OC2C(O)C(n3cnc4cc(C)c(C)cc43)O[C@H]2CO)[C@]2(C)N=C(/C(C)=C3N=C(/C=C4N=C1[C@@H](CCC(N)=O)C\4(C)C)[C@@H](CCC(N)=O)[C@]\3(C)CC(N)=O)[C@@H](CCC(N)=O)[C@]2(C)CC(N)=O.[Co]. The number of hydrogen-bond acceptors (Lipinski definition) is 18. The van der Waals surface area contributed by atoms with Gasteiger partial charge in [0.25, 0.3) is 0 Å². The molecule has 6 aliphatic rings. The van der Waals surface area contributed by atoms with Crippen LogP contribution in [0.5, 0.6) is 0 Å². The Morgan fingerprint density at radius 3 is 1.89 bits per heavy atom. The molecule has 0 spiro atoms. The van der Waals surface area contributed by atoms with Crippen LogP contribution in [0.4, 0.5) is 0 Å². The summed E-state index contributed by atoms with van der Waals surface area (Å²) < 4.78 is 32.2. The predicted molar refractivity (Wildman–Crippen MR) is 334 cm³/mol. The van der Waals surface area contributed by atoms with Gasteiger partial charge in [-0.15, -0.1) is 0 Å². The van der Waals surface area contributed by atoms with Gasteiger partial charge in [-0.2, -0.15) is 0 Å². The molecule has 7 heterocycles. The van der Waals surface area contributed by atoms with Crippen LogP contribution in [0.3, 0.4) is 0 Å². The van der Waals surface area contributed by atoms with Crippen molar-refractivity contribution in [3.8, 4) is 0 Å². The van der Waals surface area contributed by atoms with Crippen LogP contribution in [0.2, 0.25) is 0 Å². The Bertz CT molecular complexity index is 3610. The van der Waals surface area contributed by atoms with E-state index < -0.39 is 137 Å². The summed E-state index contributed by atoms with van der Waals surface area (Å²) in [5.74, 6) is -7.52. The van der Waals surface area contributed by atoms with Gasteiger partial charge >= 0.3 is 7.82 Å². The number of aryl methyl sites for hydroxylation is 2. The van der Waals surface area contributed by atoms with E-state index in [1.54, 1.807) is 25.3 Å². The van der Waals surface area contributed by atoms with Crippen molar-refractivity contribution < 1.29 is 83.8 Å². The van der Waals surface area contributed by atoms with Gasteiger partial charge in [-0.3, -0.25) is 62.6 Å². The van der Waals surface area contributed by atoms with Gasteiger partial charge in [-0.25, -0.2) is 9.55 Å². The molecule has 8 bridgehead atoms. The molecule has 1 radical (unpaired) electrons. The van der Waals surface area contributed by atoms with Crippen LogP contribution in [0, 0.1) is 59.2 Å². The molecule has 5 unspecified atom stereocenters. The fourth-order valence-corrected chi connectivity index (χ4v) is 16.2. The molecule has 1 aromatic carbocycles. The molecule has 499 valence electrons. The van der Waals surface area contributed by atoms with Crippen molar-refractivity contribution in [3.05, 3.63) is 63.9 Å². The maximum absolute atomic E-state index is 14.4. The number of allylic oxidation sites excluding steroid dienone is 6. The van der Waals surface area contributed by atoms with Crippen LogP contribution >= 0.6 is 7.82 Å². The van der Waals surface area contributed by atoms with E-state index >= 15 is 0 Å². The first-order valence-electron chi connectivity index (χ1n) is 30.4. The van der Waals surface area contributed by atoms with E-state index in [0.717, 1.165) is 11.1 Å². The Balaban J connectivity index is 0.0000118. The van der Waals surface area contributed by atoms with Crippen LogP contribution in [0.1, 0.15) is 150 Å². The first-order chi connectivity index (χ1) is 41.8. The monoisotopic (exact) mass is 1330 g/mol. The van der Waals surface area contributed by atoms with E-state index in [-0.39, 0.29) is 94.0 Å². The minimum Gasteiger partial charge on any atom is -0.394 e. The molecular weight excluding hydrogens is 1240 g/mol. The minimum absolute atomic E-state index is 0. The van der Waals surface area contributed by atoms with E-state index in [4.69, 9.17) is 68.2 Å². The van der Waals surface area contributed by atoms with E-state index in [1.807, 2.05) is 66.7 Å². The molecule has 16 N–H and O–H groups in total. The molecule has 7 amide bonds. The van der Waals surface area contributed by atoms with Crippen molar-refractivity contribution in [3.63, 3.8) is 0 Å². The number of nitrogens with one attached hydrogen (secondary N) is 1. The second-order valence-electron chi connectivity index (χ2n) is 26.8. The van der Waals surface area contributed by atoms with Gasteiger partial charge < -0.3 is 64.1 Å². The van der Waals surface area contributed by atoms with Crippen molar-refractivity contribution in [2.45, 2.75) is 183 Å². The summed E-state index contributed by atoms with van der Waals surface area (Å²) in [7, 11) is -5.07. The largest absolute Gasteiger partial charge is 0.472 e. The number of carbonyl (C=O) groups is 7. The number of hydrogen-bond donors (Lipinski definition) is 10. The molecule has 14 atom stereocenters. The number of benzene rings is 1. The summed E-state index contributed by atoms with van der Waals surface area (Å²) in [4.78, 5) is 131. The Hall–Kier alpha value is -6.62. The summed E-state index contributed by atoms with van der Waals surface area (Å²) in [6.45, 7) is 19.0. The third kappa shape index (κ3) is 13.8. The van der Waals surface area contributed by atoms with Crippen molar-refractivity contribution in [1.82, 2.24) is 14.9 Å². The van der Waals surface area contributed by atoms with Gasteiger partial charge in [0.05, 0.1) is 47.2 Å². The standard InChI is InChI=1S/C62H88N13O14P.Co/c1-29-20-39-40(21-30(29)2)75(28-70-39)57-52(84)53(41(27-76)87-57)89-90(85,86)88-31(3)26-69-49(83)18-19-59(8)37(22-46(66)80)56-62(11)61(10,25-48(68)82)36(14-17-45(65)79)51(74-62)33(5)55-60(9,24-47(67)81)34(12-15-43(63)77)38(71-55)23-42-58(6,7)35(13-16-44(64)78)50(72-42)32(4)54(59)73-56;/h20-21,23,28,31,34-37,41,52-53,57,76,84H,12-19,22,24-27H2,1-11H3,(H2,63,77)(H2,64,78)(H2,65,79)(H2,66,80)(H2,67,81)(H2,68,82)(H,69,83)(H,85,86);/b42-23-,54-32-,55-33-;/t31?,34-,35-,36-,37+,41+,52?,53?,57?,59-,60+,61+,62+;/m1./s1. The number of nitrogens with zero attached hydrogens (tertiary/aromatic N) is 6. The second kappa shape index (κ2) is 26.8. The molecule has 1 saturated heterocycles. The second-order valence-corrected chi connectivity index (χ2v) is 28.2. The number of phosphoric acid groups is 1. The predicted octanol–water partition coefficient (Wildman–Crippen LogP) is 3.64. The number of nitrogens with two attached hydrogens (primary N) is 6. The topological polar surface area (TPSA) is 460 Å². The van der Waals surface area contributed by atoms with Gasteiger partial charge in [-0.1, -0.05) is 34.6 Å². The summed E-state index contributed by atoms with van der Waals surface area (Å²) in [5, 5.41) is 24.6. The summed E-state index contributed by atoms with van der Waals surface area (Å²) >= 11 is 0. The third-order valence-corrected chi connectivity index (χ3v) is 21.3. The zero-order valence-corrected chi connectivity index (χ0v) is 55.4. The van der Waals surface area contributed by atoms with Gasteiger partial charge in [0.2, 0.25) is 41.4 Å². The van der Waals surface area contributed by atoms with Gasteiger partial charge in [-0.05, 0) is 108 Å². The number of aliphatic imine (C=N–C) groups is 4. The third-order valence-electron chi connectivity index (χ3n) is 20.2. The Morgan fingerprint density at radius 2 is 1.31 bits per heavy atom. The number of phosphoric ester groups is 1. The molecule has 91 heavy (non-hydrogen) atoms. The van der Waals surface area contributed by atoms with E-state index in [0.29, 0.717) is 62.1 Å². The van der Waals surface area contributed by atoms with E-state index in [9.17, 15) is 53.2 Å². The maximum Gasteiger partial charge on any atom is 0.472 e. The minimum atomic E-state index is -5.07. The Morgan fingerprint density at radius 1 is 0.736 bits per heavy atom. The number of aliphatic hydroxyl groups is 2. The van der Waals surface area contributed by atoms with Crippen molar-refractivity contribution in [1.29, 1.82) is 0 Å². The summed E-state index contributed by atoms with van der Waals surface area (Å²) in [5.41, 5.74) is 36.8. The molecule has 2 aromatic rings. The smallest absolute Gasteiger partial charge is 0.394 e. The first kappa shape index (κ1) is 71.8. The molecular formula is C62H88CoN13O14P. The summed E-state index contributed by atoms with van der Waals surface area (Å²) in [6, 6.07) is 3.73. The number of amides is 7. The van der Waals surface area contributed by atoms with Gasteiger partial charge in [0.15, 0.2) is 6.23 Å². The molecule has 6 aliphatic heterocycles. The molecule has 0 saturated carbocycles. The first-order valence-corrected chi connectivity index (χ1v) is 31.9. The van der Waals surface area contributed by atoms with Gasteiger partial charge in [0, 0.05) is 136 Å². The average molecular weight is 1330 g/mol. The van der Waals surface area contributed by atoms with Crippen LogP contribution < -0.4 is 39.7 Å². The Labute approximate surface area is 539 Å². The molecule has 0 aliphatic carbocycles. The number of aromatic nitrogens is 2. The van der Waals surface area contributed by atoms with Gasteiger partial charge in [0.1, 0.15) is 23.9 Å². The van der Waals surface area contributed by atoms with Crippen LogP contribution in [-0.4, -0.2) is 132 Å². The number of carbonyl (C=O) groups excluding carboxylic acids is 7. The molecule has 1 fully saturated rings. The molecule has 1 aromatic heterocycles. The average Bonchev–Trinajstić information content (AvgIpc) is 1.53. The number of aliphatic hydroxyl groups excluding tert-OH is 2. The van der Waals surface area contributed by atoms with Crippen molar-refractivity contribution in [2.75, 3.05) is 13.2 Å². The van der Waals surface area contributed by atoms with Crippen LogP contribution in [0.25, 0.3) is 11.0 Å². The zero-order chi connectivity index (χ0) is 66.7. The van der Waals surface area contributed by atoms with Crippen molar-refractivity contribution >= 4 is 83.1 Å². The molecule has 8 rings (SSSR count).